The molecular formula is C9H13NO4. The molecule has 78 valence electrons. The van der Waals surface area contributed by atoms with Crippen molar-refractivity contribution >= 4 is 5.97 Å². The molecule has 0 amide bonds. The van der Waals surface area contributed by atoms with Crippen molar-refractivity contribution in [2.75, 3.05) is 7.11 Å². The van der Waals surface area contributed by atoms with Gasteiger partial charge in [0.25, 0.3) is 0 Å². The van der Waals surface area contributed by atoms with Crippen molar-refractivity contribution < 1.29 is 14.5 Å². The Balaban J connectivity index is 3.09. The van der Waals surface area contributed by atoms with Crippen molar-refractivity contribution in [2.45, 2.75) is 25.8 Å². The van der Waals surface area contributed by atoms with Gasteiger partial charge in [-0.25, -0.2) is 4.79 Å². The Bertz CT molecular complexity index is 325. The number of esters is 1. The second-order valence-electron chi connectivity index (χ2n) is 3.90. The fourth-order valence-corrected chi connectivity index (χ4v) is 1.78. The summed E-state index contributed by atoms with van der Waals surface area (Å²) in [7, 11) is 1.16. The third kappa shape index (κ3) is 0.981. The van der Waals surface area contributed by atoms with Crippen LogP contribution in [0.5, 0.6) is 0 Å². The highest BCUT2D eigenvalue weighted by Crippen LogP contribution is 2.62. The van der Waals surface area contributed by atoms with E-state index in [0.717, 1.165) is 7.11 Å². The molecule has 1 rings (SSSR count). The quantitative estimate of drug-likeness (QED) is 0.296. The summed E-state index contributed by atoms with van der Waals surface area (Å²) in [6.07, 6.45) is 0.176. The monoisotopic (exact) mass is 199 g/mol. The molecule has 0 unspecified atom stereocenters. The van der Waals surface area contributed by atoms with Crippen molar-refractivity contribution in [2.24, 2.45) is 5.41 Å². The summed E-state index contributed by atoms with van der Waals surface area (Å²) in [4.78, 5) is 21.7. The topological polar surface area (TPSA) is 69.4 Å². The molecule has 0 aromatic carbocycles. The molecule has 0 spiro atoms. The lowest BCUT2D eigenvalue weighted by molar-refractivity contribution is -0.532. The lowest BCUT2D eigenvalue weighted by Gasteiger charge is -2.13. The van der Waals surface area contributed by atoms with Gasteiger partial charge in [0.15, 0.2) is 0 Å². The molecule has 14 heavy (non-hydrogen) atoms. The molecule has 1 saturated carbocycles. The molecule has 0 radical (unpaired) electrons. The molecule has 2 atom stereocenters. The van der Waals surface area contributed by atoms with Crippen LogP contribution in [0.2, 0.25) is 0 Å². The van der Waals surface area contributed by atoms with E-state index in [1.165, 1.54) is 0 Å². The predicted molar refractivity (Wildman–Crippen MR) is 49.3 cm³/mol. The van der Waals surface area contributed by atoms with Gasteiger partial charge in [0.05, 0.1) is 12.5 Å². The van der Waals surface area contributed by atoms with E-state index in [9.17, 15) is 14.9 Å². The van der Waals surface area contributed by atoms with Crippen LogP contribution in [0.15, 0.2) is 12.2 Å². The molecule has 0 aliphatic heterocycles. The largest absolute Gasteiger partial charge is 0.464 e. The van der Waals surface area contributed by atoms with Gasteiger partial charge in [-0.1, -0.05) is 12.2 Å². The average molecular weight is 199 g/mol. The maximum atomic E-state index is 11.4. The van der Waals surface area contributed by atoms with Crippen molar-refractivity contribution in [3.63, 3.8) is 0 Å². The molecule has 0 saturated heterocycles. The van der Waals surface area contributed by atoms with Crippen molar-refractivity contribution in [1.82, 2.24) is 0 Å². The Kier molecular flexibility index (Phi) is 2.14. The molecule has 5 nitrogen and oxygen atoms in total. The molecule has 0 aromatic rings. The summed E-state index contributed by atoms with van der Waals surface area (Å²) in [5, 5.41) is 10.9. The van der Waals surface area contributed by atoms with Crippen LogP contribution < -0.4 is 0 Å². The Morgan fingerprint density at radius 3 is 2.36 bits per heavy atom. The van der Waals surface area contributed by atoms with Crippen LogP contribution in [0.1, 0.15) is 20.3 Å². The number of nitro groups is 1. The summed E-state index contributed by atoms with van der Waals surface area (Å²) >= 11 is 0. The average Bonchev–Trinajstić information content (AvgIpc) is 2.74. The van der Waals surface area contributed by atoms with Gasteiger partial charge in [-0.15, -0.1) is 0 Å². The highest BCUT2D eigenvalue weighted by Gasteiger charge is 2.81. The normalized spacial score (nSPS) is 34.8. The Morgan fingerprint density at radius 2 is 2.14 bits per heavy atom. The first-order chi connectivity index (χ1) is 6.33. The third-order valence-electron chi connectivity index (χ3n) is 3.17. The van der Waals surface area contributed by atoms with Gasteiger partial charge in [0, 0.05) is 11.3 Å². The number of methoxy groups -OCH3 is 1. The van der Waals surface area contributed by atoms with E-state index in [2.05, 4.69) is 11.3 Å². The maximum absolute atomic E-state index is 11.4. The number of hydrogen-bond donors (Lipinski definition) is 0. The highest BCUT2D eigenvalue weighted by molar-refractivity contribution is 5.85. The first kappa shape index (κ1) is 10.7. The number of carbonyl (C=O) groups is 1. The minimum atomic E-state index is -1.60. The molecule has 0 heterocycles. The van der Waals surface area contributed by atoms with Crippen LogP contribution in [0.25, 0.3) is 0 Å². The summed E-state index contributed by atoms with van der Waals surface area (Å²) in [6.45, 7) is 7.02. The standard InChI is InChI=1S/C9H13NO4/c1-6(2)8(3)5-9(8,10(12)13)7(11)14-4/h1,5H2,2-4H3/t8-,9+/m1/s1. The van der Waals surface area contributed by atoms with Crippen molar-refractivity contribution in [1.29, 1.82) is 0 Å². The maximum Gasteiger partial charge on any atom is 0.385 e. The number of hydrogen-bond acceptors (Lipinski definition) is 4. The van der Waals surface area contributed by atoms with Gasteiger partial charge >= 0.3 is 11.5 Å². The van der Waals surface area contributed by atoms with Crippen LogP contribution >= 0.6 is 0 Å². The van der Waals surface area contributed by atoms with Crippen molar-refractivity contribution in [3.8, 4) is 0 Å². The lowest BCUT2D eigenvalue weighted by Crippen LogP contribution is -2.38. The minimum absolute atomic E-state index is 0.176. The van der Waals surface area contributed by atoms with E-state index < -0.39 is 21.8 Å². The summed E-state index contributed by atoms with van der Waals surface area (Å²) < 4.78 is 4.46. The zero-order valence-electron chi connectivity index (χ0n) is 8.49. The van der Waals surface area contributed by atoms with E-state index >= 15 is 0 Å². The fourth-order valence-electron chi connectivity index (χ4n) is 1.78. The summed E-state index contributed by atoms with van der Waals surface area (Å²) in [5.74, 6) is -0.784. The molecule has 1 aliphatic rings. The molecule has 0 bridgehead atoms. The Hall–Kier alpha value is -1.39. The first-order valence-corrected chi connectivity index (χ1v) is 4.22. The minimum Gasteiger partial charge on any atom is -0.464 e. The van der Waals surface area contributed by atoms with Crippen LogP contribution in [-0.2, 0) is 9.53 Å². The van der Waals surface area contributed by atoms with Crippen LogP contribution in [-0.4, -0.2) is 23.5 Å². The van der Waals surface area contributed by atoms with E-state index in [-0.39, 0.29) is 6.42 Å². The summed E-state index contributed by atoms with van der Waals surface area (Å²) in [5.41, 5.74) is -1.73. The van der Waals surface area contributed by atoms with Crippen LogP contribution in [0.4, 0.5) is 0 Å². The second kappa shape index (κ2) is 2.80. The Morgan fingerprint density at radius 1 is 1.64 bits per heavy atom. The van der Waals surface area contributed by atoms with Crippen LogP contribution in [0, 0.1) is 15.5 Å². The molecule has 0 N–H and O–H groups in total. The van der Waals surface area contributed by atoms with E-state index in [1.807, 2.05) is 0 Å². The molecule has 5 heteroatoms. The number of ether oxygens (including phenoxy) is 1. The number of rotatable bonds is 3. The van der Waals surface area contributed by atoms with Gasteiger partial charge < -0.3 is 4.74 Å². The van der Waals surface area contributed by atoms with E-state index in [4.69, 9.17) is 0 Å². The second-order valence-corrected chi connectivity index (χ2v) is 3.90. The zero-order valence-corrected chi connectivity index (χ0v) is 8.49. The molecule has 1 aliphatic carbocycles. The fraction of sp³-hybridized carbons (Fsp3) is 0.667. The number of nitrogens with zero attached hydrogens (tertiary/aromatic N) is 1. The molecular weight excluding hydrogens is 186 g/mol. The SMILES string of the molecule is C=C(C)[C@@]1(C)C[C@@]1(C(=O)OC)[N+](=O)[O-]. The smallest absolute Gasteiger partial charge is 0.385 e. The van der Waals surface area contributed by atoms with Gasteiger partial charge in [-0.2, -0.15) is 0 Å². The predicted octanol–water partition coefficient (Wildman–Crippen LogP) is 1.16. The van der Waals surface area contributed by atoms with Crippen LogP contribution in [0.3, 0.4) is 0 Å². The van der Waals surface area contributed by atoms with Crippen molar-refractivity contribution in [3.05, 3.63) is 22.3 Å². The first-order valence-electron chi connectivity index (χ1n) is 4.22. The van der Waals surface area contributed by atoms with Gasteiger partial charge in [-0.3, -0.25) is 10.1 Å². The third-order valence-corrected chi connectivity index (χ3v) is 3.17. The molecule has 0 aromatic heterocycles. The molecule has 1 fully saturated rings. The van der Waals surface area contributed by atoms with E-state index in [1.54, 1.807) is 13.8 Å². The van der Waals surface area contributed by atoms with Gasteiger partial charge in [-0.05, 0) is 13.8 Å². The van der Waals surface area contributed by atoms with E-state index in [0.29, 0.717) is 5.57 Å². The summed E-state index contributed by atoms with van der Waals surface area (Å²) in [6, 6.07) is 0. The van der Waals surface area contributed by atoms with Gasteiger partial charge in [0.1, 0.15) is 0 Å². The number of carbonyl (C=O) groups excluding carboxylic acids is 1. The lowest BCUT2D eigenvalue weighted by atomic mass is 9.95. The van der Waals surface area contributed by atoms with Gasteiger partial charge in [0.2, 0.25) is 0 Å². The Labute approximate surface area is 81.9 Å². The highest BCUT2D eigenvalue weighted by atomic mass is 16.6. The zero-order chi connectivity index (χ0) is 11.1.